The summed E-state index contributed by atoms with van der Waals surface area (Å²) < 4.78 is 6.46. The van der Waals surface area contributed by atoms with E-state index in [1.807, 2.05) is 0 Å². The largest absolute Gasteiger partial charge is 0.403 e. The Hall–Kier alpha value is -2.84. The van der Waals surface area contributed by atoms with E-state index in [1.54, 1.807) is 42.5 Å². The Kier molecular flexibility index (Phi) is 6.48. The first-order valence-corrected chi connectivity index (χ1v) is 12.7. The molecule has 0 spiro atoms. The molecule has 7 nitrogen and oxygen atoms in total. The molecule has 1 aliphatic rings. The molecule has 1 aliphatic heterocycles. The van der Waals surface area contributed by atoms with Crippen molar-refractivity contribution in [3.63, 3.8) is 0 Å². The maximum absolute atomic E-state index is 13.1. The fourth-order valence-electron chi connectivity index (χ4n) is 3.91. The van der Waals surface area contributed by atoms with Gasteiger partial charge in [-0.3, -0.25) is 24.6 Å². The standard InChI is InChI=1S/C22H26N2O5Si/c1-4-30(5-2,6-3)29-20-19(16-12-14-18(15-13-16)24(27)28)23(22(20)26)21(25)17-10-8-7-9-11-17/h7-15,19-20H,4-6H2,1-3H3. The van der Waals surface area contributed by atoms with E-state index in [4.69, 9.17) is 4.43 Å². The van der Waals surface area contributed by atoms with Crippen LogP contribution >= 0.6 is 0 Å². The van der Waals surface area contributed by atoms with E-state index in [9.17, 15) is 19.7 Å². The molecule has 1 fully saturated rings. The molecule has 158 valence electrons. The lowest BCUT2D eigenvalue weighted by atomic mass is 9.89. The van der Waals surface area contributed by atoms with Gasteiger partial charge in [-0.15, -0.1) is 0 Å². The molecule has 3 rings (SSSR count). The normalized spacial score (nSPS) is 18.8. The number of carbonyl (C=O) groups is 2. The molecule has 2 aromatic rings. The molecule has 2 atom stereocenters. The first kappa shape index (κ1) is 21.9. The number of nitrogens with zero attached hydrogens (tertiary/aromatic N) is 2. The number of hydrogen-bond acceptors (Lipinski definition) is 5. The van der Waals surface area contributed by atoms with Crippen LogP contribution in [0.5, 0.6) is 0 Å². The van der Waals surface area contributed by atoms with Crippen LogP contribution in [0, 0.1) is 10.1 Å². The van der Waals surface area contributed by atoms with Crippen LogP contribution in [0.2, 0.25) is 18.1 Å². The molecular formula is C22H26N2O5Si. The van der Waals surface area contributed by atoms with Gasteiger partial charge in [0.2, 0.25) is 0 Å². The lowest BCUT2D eigenvalue weighted by Crippen LogP contribution is -2.64. The minimum Gasteiger partial charge on any atom is -0.403 e. The number of nitro benzene ring substituents is 1. The number of nitro groups is 1. The third-order valence-electron chi connectivity index (χ3n) is 6.04. The van der Waals surface area contributed by atoms with Crippen LogP contribution in [0.1, 0.15) is 42.7 Å². The molecule has 0 saturated carbocycles. The summed E-state index contributed by atoms with van der Waals surface area (Å²) in [4.78, 5) is 37.9. The van der Waals surface area contributed by atoms with Crippen molar-refractivity contribution in [3.8, 4) is 0 Å². The molecule has 8 heteroatoms. The van der Waals surface area contributed by atoms with E-state index < -0.39 is 25.4 Å². The van der Waals surface area contributed by atoms with Gasteiger partial charge >= 0.3 is 0 Å². The SMILES string of the molecule is CC[Si](CC)(CC)OC1C(=O)N(C(=O)c2ccccc2)C1c1ccc([N+](=O)[O-])cc1. The van der Waals surface area contributed by atoms with Crippen LogP contribution in [0.15, 0.2) is 54.6 Å². The Morgan fingerprint density at radius 1 is 1.03 bits per heavy atom. The van der Waals surface area contributed by atoms with Crippen LogP contribution in [-0.4, -0.2) is 36.1 Å². The minimum atomic E-state index is -2.11. The van der Waals surface area contributed by atoms with Crippen molar-refractivity contribution in [2.45, 2.75) is 51.0 Å². The zero-order chi connectivity index (χ0) is 21.9. The van der Waals surface area contributed by atoms with Gasteiger partial charge in [-0.25, -0.2) is 0 Å². The Balaban J connectivity index is 1.97. The van der Waals surface area contributed by atoms with E-state index in [-0.39, 0.29) is 17.5 Å². The summed E-state index contributed by atoms with van der Waals surface area (Å²) in [6, 6.07) is 16.7. The molecule has 1 heterocycles. The molecule has 2 amide bonds. The third-order valence-corrected chi connectivity index (χ3v) is 10.7. The molecule has 30 heavy (non-hydrogen) atoms. The highest BCUT2D eigenvalue weighted by molar-refractivity contribution is 6.73. The number of hydrogen-bond donors (Lipinski definition) is 0. The zero-order valence-corrected chi connectivity index (χ0v) is 18.4. The third kappa shape index (κ3) is 3.93. The number of β-lactam (4-membered cyclic amide) rings is 1. The van der Waals surface area contributed by atoms with E-state index in [2.05, 4.69) is 20.8 Å². The van der Waals surface area contributed by atoms with Gasteiger partial charge in [0.15, 0.2) is 14.4 Å². The fourth-order valence-corrected chi connectivity index (χ4v) is 6.68. The van der Waals surface area contributed by atoms with Gasteiger partial charge in [0.05, 0.1) is 11.0 Å². The van der Waals surface area contributed by atoms with E-state index in [0.717, 1.165) is 18.1 Å². The van der Waals surface area contributed by atoms with Gasteiger partial charge in [-0.1, -0.05) is 51.1 Å². The highest BCUT2D eigenvalue weighted by atomic mass is 28.4. The molecule has 0 N–H and O–H groups in total. The fraction of sp³-hybridized carbons (Fsp3) is 0.364. The average Bonchev–Trinajstić information content (AvgIpc) is 2.79. The van der Waals surface area contributed by atoms with Crippen LogP contribution in [0.25, 0.3) is 0 Å². The summed E-state index contributed by atoms with van der Waals surface area (Å²) in [5.41, 5.74) is 1.03. The molecule has 0 aliphatic carbocycles. The lowest BCUT2D eigenvalue weighted by molar-refractivity contribution is -0.384. The smallest absolute Gasteiger partial charge is 0.269 e. The topological polar surface area (TPSA) is 89.8 Å². The molecule has 1 saturated heterocycles. The van der Waals surface area contributed by atoms with Gasteiger partial charge in [0, 0.05) is 17.7 Å². The summed E-state index contributed by atoms with van der Waals surface area (Å²) >= 11 is 0. The van der Waals surface area contributed by atoms with Crippen molar-refractivity contribution in [1.29, 1.82) is 0 Å². The molecule has 0 radical (unpaired) electrons. The predicted molar refractivity (Wildman–Crippen MR) is 116 cm³/mol. The second-order valence-corrected chi connectivity index (χ2v) is 12.2. The molecule has 2 unspecified atom stereocenters. The van der Waals surface area contributed by atoms with E-state index in [0.29, 0.717) is 11.1 Å². The summed E-state index contributed by atoms with van der Waals surface area (Å²) in [6.07, 6.45) is -0.745. The Morgan fingerprint density at radius 3 is 2.10 bits per heavy atom. The average molecular weight is 427 g/mol. The molecule has 0 aromatic heterocycles. The van der Waals surface area contributed by atoms with Crippen LogP contribution in [0.4, 0.5) is 5.69 Å². The molecule has 2 aromatic carbocycles. The highest BCUT2D eigenvalue weighted by Crippen LogP contribution is 2.41. The lowest BCUT2D eigenvalue weighted by Gasteiger charge is -2.48. The van der Waals surface area contributed by atoms with Gasteiger partial charge in [0.1, 0.15) is 0 Å². The maximum Gasteiger partial charge on any atom is 0.269 e. The Morgan fingerprint density at radius 2 is 1.60 bits per heavy atom. The van der Waals surface area contributed by atoms with Gasteiger partial charge in [-0.05, 0) is 35.8 Å². The number of amides is 2. The van der Waals surface area contributed by atoms with Gasteiger partial charge < -0.3 is 4.43 Å². The van der Waals surface area contributed by atoms with Crippen molar-refractivity contribution in [2.24, 2.45) is 0 Å². The summed E-state index contributed by atoms with van der Waals surface area (Å²) in [5.74, 6) is -0.736. The first-order valence-electron chi connectivity index (χ1n) is 10.2. The quantitative estimate of drug-likeness (QED) is 0.200. The van der Waals surface area contributed by atoms with Crippen molar-refractivity contribution in [2.75, 3.05) is 0 Å². The number of carbonyl (C=O) groups excluding carboxylic acids is 2. The van der Waals surface area contributed by atoms with Crippen LogP contribution in [0.3, 0.4) is 0 Å². The van der Waals surface area contributed by atoms with E-state index >= 15 is 0 Å². The first-order chi connectivity index (χ1) is 14.4. The second kappa shape index (κ2) is 8.89. The Labute approximate surface area is 176 Å². The number of imide groups is 1. The van der Waals surface area contributed by atoms with Crippen molar-refractivity contribution >= 4 is 25.8 Å². The highest BCUT2D eigenvalue weighted by Gasteiger charge is 2.54. The predicted octanol–water partition coefficient (Wildman–Crippen LogP) is 4.71. The van der Waals surface area contributed by atoms with Crippen LogP contribution in [-0.2, 0) is 9.22 Å². The number of likely N-dealkylation sites (tertiary alicyclic amines) is 1. The summed E-state index contributed by atoms with van der Waals surface area (Å²) in [6.45, 7) is 6.24. The minimum absolute atomic E-state index is 0.0396. The van der Waals surface area contributed by atoms with E-state index in [1.165, 1.54) is 17.0 Å². The van der Waals surface area contributed by atoms with Crippen molar-refractivity contribution in [1.82, 2.24) is 4.90 Å². The van der Waals surface area contributed by atoms with Gasteiger partial charge in [0.25, 0.3) is 17.5 Å². The zero-order valence-electron chi connectivity index (χ0n) is 17.4. The number of benzene rings is 2. The van der Waals surface area contributed by atoms with Crippen molar-refractivity contribution < 1.29 is 18.9 Å². The monoisotopic (exact) mass is 426 g/mol. The molecule has 0 bridgehead atoms. The van der Waals surface area contributed by atoms with Crippen LogP contribution < -0.4 is 0 Å². The Bertz CT molecular complexity index is 920. The van der Waals surface area contributed by atoms with Crippen molar-refractivity contribution in [3.05, 3.63) is 75.8 Å². The van der Waals surface area contributed by atoms with Gasteiger partial charge in [-0.2, -0.15) is 0 Å². The molecular weight excluding hydrogens is 400 g/mol. The summed E-state index contributed by atoms with van der Waals surface area (Å²) in [5, 5.41) is 11.0. The number of non-ortho nitro benzene ring substituents is 1. The maximum atomic E-state index is 13.1. The second-order valence-electron chi connectivity index (χ2n) is 7.46. The number of rotatable bonds is 8. The summed E-state index contributed by atoms with van der Waals surface area (Å²) in [7, 11) is -2.11.